The van der Waals surface area contributed by atoms with E-state index in [4.69, 9.17) is 8.94 Å². The van der Waals surface area contributed by atoms with Crippen molar-refractivity contribution in [1.82, 2.24) is 19.8 Å². The molecule has 0 unspecified atom stereocenters. The molecule has 1 N–H and O–H groups in total. The molecule has 3 aromatic heterocycles. The molecule has 160 valence electrons. The van der Waals surface area contributed by atoms with Gasteiger partial charge in [0.05, 0.1) is 12.5 Å². The highest BCUT2D eigenvalue weighted by Crippen LogP contribution is 2.31. The van der Waals surface area contributed by atoms with Crippen molar-refractivity contribution in [3.05, 3.63) is 41.0 Å². The van der Waals surface area contributed by atoms with Gasteiger partial charge in [0, 0.05) is 31.0 Å². The molecule has 0 saturated carbocycles. The summed E-state index contributed by atoms with van der Waals surface area (Å²) < 4.78 is 38.2. The summed E-state index contributed by atoms with van der Waals surface area (Å²) in [5, 5.41) is 8.36. The second-order valence-corrected chi connectivity index (χ2v) is 10.3. The molecule has 11 heteroatoms. The predicted octanol–water partition coefficient (Wildman–Crippen LogP) is 2.73. The second-order valence-electron chi connectivity index (χ2n) is 7.22. The van der Waals surface area contributed by atoms with Crippen molar-refractivity contribution in [2.45, 2.75) is 37.4 Å². The number of carbonyl (C=O) groups excluding carboxylic acids is 1. The summed E-state index contributed by atoms with van der Waals surface area (Å²) in [5.74, 6) is 1.65. The van der Waals surface area contributed by atoms with Crippen LogP contribution in [-0.2, 0) is 21.4 Å². The Morgan fingerprint density at radius 3 is 2.90 bits per heavy atom. The Labute approximate surface area is 178 Å². The van der Waals surface area contributed by atoms with Crippen LogP contribution < -0.4 is 5.32 Å². The molecule has 9 nitrogen and oxygen atoms in total. The fourth-order valence-electron chi connectivity index (χ4n) is 3.39. The minimum Gasteiger partial charge on any atom is -0.465 e. The van der Waals surface area contributed by atoms with Gasteiger partial charge in [-0.1, -0.05) is 5.16 Å². The Morgan fingerprint density at radius 1 is 1.37 bits per heavy atom. The summed E-state index contributed by atoms with van der Waals surface area (Å²) in [6, 6.07) is 5.20. The average Bonchev–Trinajstić information content (AvgIpc) is 3.47. The van der Waals surface area contributed by atoms with Crippen LogP contribution in [0.25, 0.3) is 11.4 Å². The third-order valence-corrected chi connectivity index (χ3v) is 8.22. The number of nitrogens with zero attached hydrogens (tertiary/aromatic N) is 3. The zero-order chi connectivity index (χ0) is 21.3. The summed E-state index contributed by atoms with van der Waals surface area (Å²) in [4.78, 5) is 16.7. The molecular formula is C19H22N4O5S2. The first kappa shape index (κ1) is 20.8. The molecule has 4 heterocycles. The SMILES string of the molecule is Cc1ccc(CNC(=O)[C@@H]2CCCN(S(=O)(=O)c3cc(-c4noc(C)n4)cs3)C2)o1. The van der Waals surface area contributed by atoms with Gasteiger partial charge in [-0.25, -0.2) is 8.42 Å². The minimum absolute atomic E-state index is 0.153. The van der Waals surface area contributed by atoms with Crippen molar-refractivity contribution < 1.29 is 22.2 Å². The number of nitrogens with one attached hydrogen (secondary N) is 1. The lowest BCUT2D eigenvalue weighted by atomic mass is 9.99. The summed E-state index contributed by atoms with van der Waals surface area (Å²) in [7, 11) is -3.71. The maximum atomic E-state index is 13.1. The van der Waals surface area contributed by atoms with Gasteiger partial charge in [0.2, 0.25) is 17.6 Å². The lowest BCUT2D eigenvalue weighted by Crippen LogP contribution is -2.45. The van der Waals surface area contributed by atoms with Crippen molar-refractivity contribution in [2.75, 3.05) is 13.1 Å². The molecule has 0 bridgehead atoms. The molecule has 1 aliphatic heterocycles. The van der Waals surface area contributed by atoms with Crippen molar-refractivity contribution in [3.8, 4) is 11.4 Å². The van der Waals surface area contributed by atoms with Gasteiger partial charge < -0.3 is 14.3 Å². The molecule has 0 radical (unpaired) electrons. The van der Waals surface area contributed by atoms with Crippen molar-refractivity contribution in [1.29, 1.82) is 0 Å². The number of aromatic nitrogens is 2. The van der Waals surface area contributed by atoms with E-state index in [0.29, 0.717) is 42.4 Å². The van der Waals surface area contributed by atoms with E-state index in [2.05, 4.69) is 15.5 Å². The monoisotopic (exact) mass is 450 g/mol. The number of hydrogen-bond donors (Lipinski definition) is 1. The van der Waals surface area contributed by atoms with E-state index in [0.717, 1.165) is 17.1 Å². The topological polar surface area (TPSA) is 119 Å². The third kappa shape index (κ3) is 4.32. The Balaban J connectivity index is 1.43. The Bertz CT molecular complexity index is 1150. The van der Waals surface area contributed by atoms with Gasteiger partial charge in [-0.2, -0.15) is 9.29 Å². The standard InChI is InChI=1S/C19H22N4O5S2/c1-12-5-6-16(27-12)9-20-19(24)14-4-3-7-23(10-14)30(25,26)17-8-15(11-29-17)18-21-13(2)28-22-18/h5-6,8,11,14H,3-4,7,9-10H2,1-2H3,(H,20,24)/t14-/m1/s1. The van der Waals surface area contributed by atoms with Gasteiger partial charge in [-0.05, 0) is 38.0 Å². The second kappa shape index (κ2) is 8.32. The van der Waals surface area contributed by atoms with Gasteiger partial charge >= 0.3 is 0 Å². The van der Waals surface area contributed by atoms with E-state index in [1.165, 1.54) is 4.31 Å². The molecule has 0 aromatic carbocycles. The number of piperidine rings is 1. The number of rotatable bonds is 6. The molecule has 0 spiro atoms. The number of carbonyl (C=O) groups is 1. The number of furan rings is 1. The fraction of sp³-hybridized carbons (Fsp3) is 0.421. The van der Waals surface area contributed by atoms with Gasteiger partial charge in [0.15, 0.2) is 0 Å². The first-order valence-electron chi connectivity index (χ1n) is 9.55. The highest BCUT2D eigenvalue weighted by Gasteiger charge is 2.34. The smallest absolute Gasteiger partial charge is 0.252 e. The van der Waals surface area contributed by atoms with Gasteiger partial charge in [0.25, 0.3) is 10.0 Å². The van der Waals surface area contributed by atoms with Gasteiger partial charge in [-0.3, -0.25) is 4.79 Å². The van der Waals surface area contributed by atoms with Crippen molar-refractivity contribution in [2.24, 2.45) is 5.92 Å². The number of thiophene rings is 1. The van der Waals surface area contributed by atoms with Crippen LogP contribution in [0.4, 0.5) is 0 Å². The number of hydrogen-bond acceptors (Lipinski definition) is 8. The predicted molar refractivity (Wildman–Crippen MR) is 109 cm³/mol. The van der Waals surface area contributed by atoms with Crippen LogP contribution >= 0.6 is 11.3 Å². The van der Waals surface area contributed by atoms with E-state index in [1.54, 1.807) is 18.4 Å². The quantitative estimate of drug-likeness (QED) is 0.613. The molecular weight excluding hydrogens is 428 g/mol. The Hall–Kier alpha value is -2.50. The number of aryl methyl sites for hydroxylation is 2. The van der Waals surface area contributed by atoms with Crippen LogP contribution in [0.3, 0.4) is 0 Å². The lowest BCUT2D eigenvalue weighted by molar-refractivity contribution is -0.126. The minimum atomic E-state index is -3.71. The molecule has 1 fully saturated rings. The molecule has 1 aliphatic rings. The number of amides is 1. The van der Waals surface area contributed by atoms with E-state index in [-0.39, 0.29) is 23.2 Å². The molecule has 30 heavy (non-hydrogen) atoms. The largest absolute Gasteiger partial charge is 0.465 e. The summed E-state index contributed by atoms with van der Waals surface area (Å²) in [6.07, 6.45) is 1.27. The molecule has 1 amide bonds. The van der Waals surface area contributed by atoms with E-state index in [9.17, 15) is 13.2 Å². The average molecular weight is 451 g/mol. The Kier molecular flexibility index (Phi) is 5.76. The van der Waals surface area contributed by atoms with Crippen molar-refractivity contribution >= 4 is 27.3 Å². The first-order chi connectivity index (χ1) is 14.3. The summed E-state index contributed by atoms with van der Waals surface area (Å²) >= 11 is 1.11. The van der Waals surface area contributed by atoms with E-state index in [1.807, 2.05) is 19.1 Å². The normalized spacial score (nSPS) is 17.9. The van der Waals surface area contributed by atoms with Crippen LogP contribution in [0.5, 0.6) is 0 Å². The maximum absolute atomic E-state index is 13.1. The van der Waals surface area contributed by atoms with Crippen LogP contribution in [0, 0.1) is 19.8 Å². The van der Waals surface area contributed by atoms with Crippen LogP contribution in [0.2, 0.25) is 0 Å². The first-order valence-corrected chi connectivity index (χ1v) is 11.9. The zero-order valence-electron chi connectivity index (χ0n) is 16.6. The zero-order valence-corrected chi connectivity index (χ0v) is 18.3. The summed E-state index contributed by atoms with van der Waals surface area (Å²) in [6.45, 7) is 4.34. The van der Waals surface area contributed by atoms with Crippen LogP contribution in [-0.4, -0.2) is 41.9 Å². The molecule has 4 rings (SSSR count). The Morgan fingerprint density at radius 2 is 2.20 bits per heavy atom. The molecule has 1 saturated heterocycles. The van der Waals surface area contributed by atoms with Gasteiger partial charge in [-0.15, -0.1) is 11.3 Å². The third-order valence-electron chi connectivity index (χ3n) is 4.94. The summed E-state index contributed by atoms with van der Waals surface area (Å²) in [5.41, 5.74) is 0.593. The van der Waals surface area contributed by atoms with Gasteiger partial charge in [0.1, 0.15) is 15.7 Å². The molecule has 3 aromatic rings. The number of sulfonamides is 1. The van der Waals surface area contributed by atoms with Crippen LogP contribution in [0.1, 0.15) is 30.3 Å². The lowest BCUT2D eigenvalue weighted by Gasteiger charge is -2.30. The maximum Gasteiger partial charge on any atom is 0.252 e. The fourth-order valence-corrected chi connectivity index (χ4v) is 6.22. The highest BCUT2D eigenvalue weighted by molar-refractivity contribution is 7.91. The van der Waals surface area contributed by atoms with E-state index >= 15 is 0 Å². The molecule has 1 atom stereocenters. The van der Waals surface area contributed by atoms with Crippen molar-refractivity contribution in [3.63, 3.8) is 0 Å². The van der Waals surface area contributed by atoms with Crippen LogP contribution in [0.15, 0.2) is 36.7 Å². The highest BCUT2D eigenvalue weighted by atomic mass is 32.2. The molecule has 0 aliphatic carbocycles. The van der Waals surface area contributed by atoms with E-state index < -0.39 is 15.9 Å².